The van der Waals surface area contributed by atoms with Gasteiger partial charge in [-0.1, -0.05) is 50.7 Å². The number of nitrogens with zero attached hydrogens (tertiary/aromatic N) is 2. The Hall–Kier alpha value is -2.50. The molecule has 5 heteroatoms. The van der Waals surface area contributed by atoms with Gasteiger partial charge in [-0.25, -0.2) is 4.98 Å². The largest absolute Gasteiger partial charge is 0.437 e. The summed E-state index contributed by atoms with van der Waals surface area (Å²) in [6.45, 7) is 10.8. The van der Waals surface area contributed by atoms with Crippen LogP contribution in [0, 0.1) is 13.8 Å². The van der Waals surface area contributed by atoms with Crippen LogP contribution in [0.4, 0.5) is 11.4 Å². The molecule has 2 aromatic carbocycles. The SMILES string of the molecule is Cc1cc2c(cc1C)N(c1cccnc1Oc1ccccc1C(C)(C)C)C(N)S2. The van der Waals surface area contributed by atoms with Gasteiger partial charge in [0.1, 0.15) is 16.9 Å². The normalized spacial score (nSPS) is 16.1. The zero-order chi connectivity index (χ0) is 20.8. The van der Waals surface area contributed by atoms with Gasteiger partial charge < -0.3 is 15.4 Å². The van der Waals surface area contributed by atoms with Crippen LogP contribution in [0.3, 0.4) is 0 Å². The Morgan fingerprint density at radius 3 is 2.48 bits per heavy atom. The molecule has 0 radical (unpaired) electrons. The fourth-order valence-corrected chi connectivity index (χ4v) is 4.68. The minimum atomic E-state index is -0.226. The molecule has 0 saturated heterocycles. The summed E-state index contributed by atoms with van der Waals surface area (Å²) in [4.78, 5) is 7.87. The molecule has 1 aromatic heterocycles. The Labute approximate surface area is 177 Å². The molecule has 0 fully saturated rings. The average molecular weight is 406 g/mol. The van der Waals surface area contributed by atoms with Gasteiger partial charge >= 0.3 is 0 Å². The second-order valence-corrected chi connectivity index (χ2v) is 9.62. The van der Waals surface area contributed by atoms with E-state index in [-0.39, 0.29) is 10.9 Å². The number of anilines is 2. The van der Waals surface area contributed by atoms with E-state index in [4.69, 9.17) is 10.5 Å². The molecule has 150 valence electrons. The summed E-state index contributed by atoms with van der Waals surface area (Å²) in [6.07, 6.45) is 1.76. The van der Waals surface area contributed by atoms with E-state index in [2.05, 4.69) is 62.7 Å². The molecule has 29 heavy (non-hydrogen) atoms. The first-order valence-electron chi connectivity index (χ1n) is 9.81. The van der Waals surface area contributed by atoms with E-state index in [1.54, 1.807) is 18.0 Å². The number of rotatable bonds is 3. The fraction of sp³-hybridized carbons (Fsp3) is 0.292. The van der Waals surface area contributed by atoms with Crippen molar-refractivity contribution >= 4 is 23.1 Å². The van der Waals surface area contributed by atoms with Crippen LogP contribution >= 0.6 is 11.8 Å². The monoisotopic (exact) mass is 405 g/mol. The van der Waals surface area contributed by atoms with Gasteiger partial charge in [-0.3, -0.25) is 0 Å². The highest BCUT2D eigenvalue weighted by Crippen LogP contribution is 2.49. The number of para-hydroxylation sites is 1. The van der Waals surface area contributed by atoms with Crippen molar-refractivity contribution in [3.63, 3.8) is 0 Å². The first-order chi connectivity index (χ1) is 13.8. The van der Waals surface area contributed by atoms with Crippen molar-refractivity contribution in [2.24, 2.45) is 5.73 Å². The smallest absolute Gasteiger partial charge is 0.243 e. The van der Waals surface area contributed by atoms with Crippen molar-refractivity contribution in [2.75, 3.05) is 4.90 Å². The molecule has 1 atom stereocenters. The summed E-state index contributed by atoms with van der Waals surface area (Å²) in [6, 6.07) is 16.5. The standard InChI is InChI=1S/C24H27N3OS/c1-15-13-19-21(14-16(15)2)29-23(25)27(19)18-10-8-12-26-22(18)28-20-11-7-6-9-17(20)24(3,4)5/h6-14,23H,25H2,1-5H3. The number of aryl methyl sites for hydroxylation is 2. The van der Waals surface area contributed by atoms with Crippen LogP contribution in [0.2, 0.25) is 0 Å². The number of ether oxygens (including phenoxy) is 1. The number of nitrogens with two attached hydrogens (primary N) is 1. The molecule has 1 aliphatic rings. The molecule has 0 amide bonds. The molecule has 1 aliphatic heterocycles. The molecule has 1 unspecified atom stereocenters. The van der Waals surface area contributed by atoms with Crippen LogP contribution in [0.5, 0.6) is 11.6 Å². The summed E-state index contributed by atoms with van der Waals surface area (Å²) in [5, 5.41) is 0. The molecule has 0 spiro atoms. The molecule has 4 rings (SSSR count). The maximum atomic E-state index is 6.53. The van der Waals surface area contributed by atoms with E-state index in [1.807, 2.05) is 30.3 Å². The summed E-state index contributed by atoms with van der Waals surface area (Å²) in [5.41, 5.74) is 11.9. The second kappa shape index (κ2) is 7.39. The molecule has 4 nitrogen and oxygen atoms in total. The summed E-state index contributed by atoms with van der Waals surface area (Å²) in [5.74, 6) is 1.38. The first-order valence-corrected chi connectivity index (χ1v) is 10.7. The van der Waals surface area contributed by atoms with Crippen molar-refractivity contribution in [1.29, 1.82) is 0 Å². The number of hydrogen-bond donors (Lipinski definition) is 1. The Balaban J connectivity index is 1.78. The van der Waals surface area contributed by atoms with E-state index >= 15 is 0 Å². The molecule has 0 bridgehead atoms. The zero-order valence-electron chi connectivity index (χ0n) is 17.6. The van der Waals surface area contributed by atoms with Crippen molar-refractivity contribution in [3.05, 3.63) is 71.4 Å². The molecule has 0 saturated carbocycles. The van der Waals surface area contributed by atoms with Crippen LogP contribution in [-0.4, -0.2) is 10.5 Å². The molecule has 2 N–H and O–H groups in total. The fourth-order valence-electron chi connectivity index (χ4n) is 3.57. The average Bonchev–Trinajstić information content (AvgIpc) is 2.97. The lowest BCUT2D eigenvalue weighted by Crippen LogP contribution is -2.32. The number of hydrogen-bond acceptors (Lipinski definition) is 5. The van der Waals surface area contributed by atoms with E-state index in [1.165, 1.54) is 16.0 Å². The molecule has 0 aliphatic carbocycles. The highest BCUT2D eigenvalue weighted by molar-refractivity contribution is 8.00. The van der Waals surface area contributed by atoms with Crippen molar-refractivity contribution in [1.82, 2.24) is 4.98 Å². The predicted octanol–water partition coefficient (Wildman–Crippen LogP) is 6.27. The van der Waals surface area contributed by atoms with Crippen LogP contribution in [0.15, 0.2) is 59.6 Å². The number of pyridine rings is 1. The topological polar surface area (TPSA) is 51.4 Å². The van der Waals surface area contributed by atoms with Crippen LogP contribution in [-0.2, 0) is 5.41 Å². The third-order valence-corrected chi connectivity index (χ3v) is 6.28. The van der Waals surface area contributed by atoms with Gasteiger partial charge in [0.15, 0.2) is 0 Å². The minimum Gasteiger partial charge on any atom is -0.437 e. The van der Waals surface area contributed by atoms with E-state index in [9.17, 15) is 0 Å². The molecule has 2 heterocycles. The van der Waals surface area contributed by atoms with Gasteiger partial charge in [-0.2, -0.15) is 0 Å². The van der Waals surface area contributed by atoms with Gasteiger partial charge in [0.25, 0.3) is 0 Å². The van der Waals surface area contributed by atoms with E-state index in [0.717, 1.165) is 22.7 Å². The number of thioether (sulfide) groups is 1. The Morgan fingerprint density at radius 1 is 1.00 bits per heavy atom. The van der Waals surface area contributed by atoms with Gasteiger partial charge in [0, 0.05) is 16.7 Å². The molecular formula is C24H27N3OS. The summed E-state index contributed by atoms with van der Waals surface area (Å²) >= 11 is 1.66. The minimum absolute atomic E-state index is 0.0350. The first kappa shape index (κ1) is 19.8. The lowest BCUT2D eigenvalue weighted by molar-refractivity contribution is 0.440. The zero-order valence-corrected chi connectivity index (χ0v) is 18.4. The number of fused-ring (bicyclic) bond motifs is 1. The highest BCUT2D eigenvalue weighted by atomic mass is 32.2. The summed E-state index contributed by atoms with van der Waals surface area (Å²) in [7, 11) is 0. The van der Waals surface area contributed by atoms with Crippen LogP contribution in [0.25, 0.3) is 0 Å². The van der Waals surface area contributed by atoms with Crippen LogP contribution in [0.1, 0.15) is 37.5 Å². The third kappa shape index (κ3) is 3.72. The lowest BCUT2D eigenvalue weighted by Gasteiger charge is -2.27. The summed E-state index contributed by atoms with van der Waals surface area (Å²) < 4.78 is 6.38. The second-order valence-electron chi connectivity index (χ2n) is 8.46. The van der Waals surface area contributed by atoms with Gasteiger partial charge in [0.05, 0.1) is 5.69 Å². The van der Waals surface area contributed by atoms with Gasteiger partial charge in [0.2, 0.25) is 5.88 Å². The van der Waals surface area contributed by atoms with Crippen LogP contribution < -0.4 is 15.4 Å². The van der Waals surface area contributed by atoms with Crippen molar-refractivity contribution < 1.29 is 4.74 Å². The number of benzene rings is 2. The number of aromatic nitrogens is 1. The lowest BCUT2D eigenvalue weighted by atomic mass is 9.86. The maximum Gasteiger partial charge on any atom is 0.243 e. The van der Waals surface area contributed by atoms with Crippen molar-refractivity contribution in [2.45, 2.75) is 50.4 Å². The molecule has 3 aromatic rings. The Bertz CT molecular complexity index is 1060. The predicted molar refractivity (Wildman–Crippen MR) is 121 cm³/mol. The Kier molecular flexibility index (Phi) is 5.05. The van der Waals surface area contributed by atoms with E-state index in [0.29, 0.717) is 5.88 Å². The third-order valence-electron chi connectivity index (χ3n) is 5.25. The highest BCUT2D eigenvalue weighted by Gasteiger charge is 2.32. The quantitative estimate of drug-likeness (QED) is 0.556. The Morgan fingerprint density at radius 2 is 1.72 bits per heavy atom. The van der Waals surface area contributed by atoms with Crippen molar-refractivity contribution in [3.8, 4) is 11.6 Å². The maximum absolute atomic E-state index is 6.53. The van der Waals surface area contributed by atoms with Gasteiger partial charge in [-0.15, -0.1) is 0 Å². The van der Waals surface area contributed by atoms with Gasteiger partial charge in [-0.05, 0) is 60.7 Å². The molecular weight excluding hydrogens is 378 g/mol. The van der Waals surface area contributed by atoms with E-state index < -0.39 is 0 Å².